The molecule has 262 valence electrons. The van der Waals surface area contributed by atoms with Crippen LogP contribution in [0.25, 0.3) is 10.9 Å². The third-order valence-corrected chi connectivity index (χ3v) is 9.16. The second-order valence-corrected chi connectivity index (χ2v) is 12.8. The van der Waals surface area contributed by atoms with E-state index in [1.807, 2.05) is 78.9 Å². The molecule has 13 heteroatoms. The number of rotatable bonds is 13. The highest BCUT2D eigenvalue weighted by molar-refractivity contribution is 5.96. The number of H-pyrrole nitrogens is 2. The Balaban J connectivity index is 1.28. The number of carbonyl (C=O) groups excluding carboxylic acids is 5. The molecule has 1 unspecified atom stereocenters. The molecule has 6 rings (SSSR count). The molecule has 13 nitrogen and oxygen atoms in total. The van der Waals surface area contributed by atoms with E-state index in [1.54, 1.807) is 12.4 Å². The third-order valence-electron chi connectivity index (χ3n) is 9.16. The zero-order valence-corrected chi connectivity index (χ0v) is 28.1. The number of aromatic amines is 2. The number of nitrogens with two attached hydrogens (primary N) is 1. The number of para-hydroxylation sites is 1. The molecule has 0 bridgehead atoms. The lowest BCUT2D eigenvalue weighted by Gasteiger charge is -2.38. The highest BCUT2D eigenvalue weighted by Gasteiger charge is 2.39. The summed E-state index contributed by atoms with van der Waals surface area (Å²) in [7, 11) is 0. The van der Waals surface area contributed by atoms with Crippen molar-refractivity contribution in [2.75, 3.05) is 0 Å². The first-order chi connectivity index (χ1) is 24.7. The summed E-state index contributed by atoms with van der Waals surface area (Å²) < 4.78 is 0. The predicted octanol–water partition coefficient (Wildman–Crippen LogP) is 1.83. The van der Waals surface area contributed by atoms with Gasteiger partial charge in [-0.25, -0.2) is 4.98 Å². The summed E-state index contributed by atoms with van der Waals surface area (Å²) in [6.45, 7) is 1.41. The van der Waals surface area contributed by atoms with Crippen LogP contribution in [0.1, 0.15) is 34.9 Å². The molecule has 0 aliphatic carbocycles. The van der Waals surface area contributed by atoms with Gasteiger partial charge in [0.15, 0.2) is 0 Å². The van der Waals surface area contributed by atoms with Crippen LogP contribution in [-0.2, 0) is 56.2 Å². The first-order valence-corrected chi connectivity index (χ1v) is 16.8. The Morgan fingerprint density at radius 2 is 1.55 bits per heavy atom. The van der Waals surface area contributed by atoms with Crippen molar-refractivity contribution in [2.45, 2.75) is 63.3 Å². The monoisotopic (exact) mass is 688 g/mol. The number of amides is 5. The minimum atomic E-state index is -1.10. The molecule has 0 spiro atoms. The van der Waals surface area contributed by atoms with Gasteiger partial charge in [0, 0.05) is 68.1 Å². The standard InChI is InChI=1S/C38H40N8O5/c1-23(47)43-32(18-28-20-40-22-42-28)36(49)45-33(15-24-9-3-2-4-10-24)38(51)46-21-26-12-6-5-11-25(26)17-34(46)37(50)44-31(35(39)48)16-27-19-41-30-14-8-7-13-29(27)30/h2-14,19-20,22,31-34,41H,15-18,21H2,1H3,(H2,39,48)(H,40,42)(H,43,47)(H,44,50)(H,45,49)/t31-,32-,33+,34?/m0/s1. The fourth-order valence-electron chi connectivity index (χ4n) is 6.59. The summed E-state index contributed by atoms with van der Waals surface area (Å²) in [5, 5.41) is 9.30. The molecule has 1 aliphatic rings. The molecular formula is C38H40N8O5. The average molecular weight is 689 g/mol. The van der Waals surface area contributed by atoms with Crippen molar-refractivity contribution in [3.05, 3.63) is 126 Å². The number of carbonyl (C=O) groups is 5. The largest absolute Gasteiger partial charge is 0.368 e. The highest BCUT2D eigenvalue weighted by Crippen LogP contribution is 2.26. The van der Waals surface area contributed by atoms with Gasteiger partial charge in [0.1, 0.15) is 24.2 Å². The van der Waals surface area contributed by atoms with Crippen LogP contribution < -0.4 is 21.7 Å². The number of nitrogens with zero attached hydrogens (tertiary/aromatic N) is 2. The zero-order chi connectivity index (χ0) is 35.9. The van der Waals surface area contributed by atoms with Crippen molar-refractivity contribution in [2.24, 2.45) is 5.73 Å². The lowest BCUT2D eigenvalue weighted by atomic mass is 9.91. The van der Waals surface area contributed by atoms with Gasteiger partial charge in [0.05, 0.1) is 6.33 Å². The maximum Gasteiger partial charge on any atom is 0.246 e. The van der Waals surface area contributed by atoms with Crippen molar-refractivity contribution in [3.8, 4) is 0 Å². The summed E-state index contributed by atoms with van der Waals surface area (Å²) in [5.41, 5.74) is 10.7. The van der Waals surface area contributed by atoms with E-state index in [0.717, 1.165) is 33.2 Å². The topological polar surface area (TPSA) is 195 Å². The summed E-state index contributed by atoms with van der Waals surface area (Å²) in [6, 6.07) is 20.2. The summed E-state index contributed by atoms with van der Waals surface area (Å²) >= 11 is 0. The molecule has 1 aliphatic heterocycles. The average Bonchev–Trinajstić information content (AvgIpc) is 3.80. The molecule has 7 N–H and O–H groups in total. The van der Waals surface area contributed by atoms with Crippen molar-refractivity contribution in [1.29, 1.82) is 0 Å². The van der Waals surface area contributed by atoms with Crippen LogP contribution in [-0.4, -0.2) is 73.6 Å². The van der Waals surface area contributed by atoms with E-state index in [2.05, 4.69) is 30.9 Å². The van der Waals surface area contributed by atoms with Crippen LogP contribution >= 0.6 is 0 Å². The van der Waals surface area contributed by atoms with Crippen LogP contribution in [0, 0.1) is 0 Å². The van der Waals surface area contributed by atoms with Crippen LogP contribution in [0.2, 0.25) is 0 Å². The van der Waals surface area contributed by atoms with Crippen LogP contribution in [0.15, 0.2) is 97.6 Å². The maximum absolute atomic E-state index is 14.7. The molecular weight excluding hydrogens is 648 g/mol. The van der Waals surface area contributed by atoms with Crippen molar-refractivity contribution < 1.29 is 24.0 Å². The maximum atomic E-state index is 14.7. The van der Waals surface area contributed by atoms with E-state index in [0.29, 0.717) is 5.69 Å². The highest BCUT2D eigenvalue weighted by atomic mass is 16.2. The quantitative estimate of drug-likeness (QED) is 0.109. The Morgan fingerprint density at radius 1 is 0.824 bits per heavy atom. The SMILES string of the molecule is CC(=O)N[C@@H](Cc1cnc[nH]1)C(=O)N[C@H](Cc1ccccc1)C(=O)N1Cc2ccccc2CC1C(=O)N[C@@H](Cc1c[nH]c2ccccc12)C(N)=O. The molecule has 4 atom stereocenters. The van der Waals surface area contributed by atoms with Crippen molar-refractivity contribution in [3.63, 3.8) is 0 Å². The third kappa shape index (κ3) is 8.32. The molecule has 5 aromatic rings. The summed E-state index contributed by atoms with van der Waals surface area (Å²) in [5.74, 6) is -2.72. The minimum Gasteiger partial charge on any atom is -0.368 e. The Kier molecular flexibility index (Phi) is 10.5. The van der Waals surface area contributed by atoms with Gasteiger partial charge in [0.2, 0.25) is 29.5 Å². The van der Waals surface area contributed by atoms with Gasteiger partial charge in [-0.1, -0.05) is 72.8 Å². The van der Waals surface area contributed by atoms with Gasteiger partial charge in [-0.15, -0.1) is 0 Å². The lowest BCUT2D eigenvalue weighted by Crippen LogP contribution is -2.61. The molecule has 51 heavy (non-hydrogen) atoms. The van der Waals surface area contributed by atoms with E-state index in [9.17, 15) is 24.0 Å². The molecule has 3 aromatic carbocycles. The summed E-state index contributed by atoms with van der Waals surface area (Å²) in [4.78, 5) is 79.1. The van der Waals surface area contributed by atoms with Gasteiger partial charge in [-0.3, -0.25) is 24.0 Å². The number of nitrogens with one attached hydrogen (secondary N) is 5. The fraction of sp³-hybridized carbons (Fsp3) is 0.263. The molecule has 3 heterocycles. The van der Waals surface area contributed by atoms with E-state index < -0.39 is 53.7 Å². The first kappa shape index (κ1) is 34.6. The Morgan fingerprint density at radius 3 is 2.27 bits per heavy atom. The van der Waals surface area contributed by atoms with Crippen LogP contribution in [0.4, 0.5) is 0 Å². The number of aromatic nitrogens is 3. The van der Waals surface area contributed by atoms with E-state index in [-0.39, 0.29) is 32.2 Å². The second kappa shape index (κ2) is 15.5. The smallest absolute Gasteiger partial charge is 0.246 e. The number of primary amides is 1. The number of benzene rings is 3. The van der Waals surface area contributed by atoms with Crippen LogP contribution in [0.3, 0.4) is 0 Å². The zero-order valence-electron chi connectivity index (χ0n) is 28.1. The Labute approximate surface area is 294 Å². The van der Waals surface area contributed by atoms with Crippen molar-refractivity contribution >= 4 is 40.4 Å². The second-order valence-electron chi connectivity index (χ2n) is 12.8. The van der Waals surface area contributed by atoms with Gasteiger partial charge in [-0.05, 0) is 28.3 Å². The number of hydrogen-bond acceptors (Lipinski definition) is 6. The van der Waals surface area contributed by atoms with Gasteiger partial charge in [-0.2, -0.15) is 0 Å². The van der Waals surface area contributed by atoms with Crippen LogP contribution in [0.5, 0.6) is 0 Å². The molecule has 0 radical (unpaired) electrons. The number of imidazole rings is 1. The van der Waals surface area contributed by atoms with E-state index >= 15 is 0 Å². The van der Waals surface area contributed by atoms with E-state index in [1.165, 1.54) is 18.2 Å². The molecule has 0 saturated carbocycles. The lowest BCUT2D eigenvalue weighted by molar-refractivity contribution is -0.145. The molecule has 0 saturated heterocycles. The van der Waals surface area contributed by atoms with Crippen molar-refractivity contribution in [1.82, 2.24) is 35.8 Å². The number of hydrogen-bond donors (Lipinski definition) is 6. The first-order valence-electron chi connectivity index (χ1n) is 16.8. The summed E-state index contributed by atoms with van der Waals surface area (Å²) in [6.07, 6.45) is 5.40. The fourth-order valence-corrected chi connectivity index (χ4v) is 6.59. The normalized spacial score (nSPS) is 15.6. The minimum absolute atomic E-state index is 0.0984. The Hall–Kier alpha value is -6.24. The van der Waals surface area contributed by atoms with Gasteiger partial charge in [0.25, 0.3) is 0 Å². The molecule has 5 amide bonds. The van der Waals surface area contributed by atoms with Gasteiger partial charge >= 0.3 is 0 Å². The van der Waals surface area contributed by atoms with Gasteiger partial charge < -0.3 is 36.6 Å². The molecule has 0 fully saturated rings. The molecule has 2 aromatic heterocycles. The van der Waals surface area contributed by atoms with E-state index in [4.69, 9.17) is 5.73 Å². The predicted molar refractivity (Wildman–Crippen MR) is 190 cm³/mol. The Bertz CT molecular complexity index is 2030. The number of fused-ring (bicyclic) bond motifs is 2.